The maximum Gasteiger partial charge on any atom is 0.0491 e. The van der Waals surface area contributed by atoms with Crippen molar-refractivity contribution in [2.45, 2.75) is 20.0 Å². The van der Waals surface area contributed by atoms with Crippen molar-refractivity contribution in [2.24, 2.45) is 0 Å². The fourth-order valence-corrected chi connectivity index (χ4v) is 3.09. The number of benzene rings is 2. The predicted molar refractivity (Wildman–Crippen MR) is 95.4 cm³/mol. The summed E-state index contributed by atoms with van der Waals surface area (Å²) in [5.74, 6) is 0. The number of para-hydroxylation sites is 1. The highest BCUT2D eigenvalue weighted by molar-refractivity contribution is 6.08. The van der Waals surface area contributed by atoms with Gasteiger partial charge in [-0.1, -0.05) is 24.3 Å². The van der Waals surface area contributed by atoms with Crippen molar-refractivity contribution >= 4 is 21.8 Å². The molecule has 0 bridgehead atoms. The number of hydrogen-bond acceptors (Lipinski definition) is 2. The topological polar surface area (TPSA) is 20.2 Å². The van der Waals surface area contributed by atoms with E-state index in [0.717, 1.165) is 26.2 Å². The second-order valence-corrected chi connectivity index (χ2v) is 6.09. The summed E-state index contributed by atoms with van der Waals surface area (Å²) in [4.78, 5) is 2.20. The Balaban J connectivity index is 0.00000144. The van der Waals surface area contributed by atoms with E-state index in [1.807, 2.05) is 0 Å². The second kappa shape index (κ2) is 9.28. The Morgan fingerprint density at radius 2 is 1.67 bits per heavy atom. The molecule has 132 valence electrons. The zero-order chi connectivity index (χ0) is 15.5. The molecule has 0 radical (unpaired) electrons. The maximum atomic E-state index is 3.52. The summed E-state index contributed by atoms with van der Waals surface area (Å²) >= 11 is 0. The smallest absolute Gasteiger partial charge is 0.0491 e. The maximum absolute atomic E-state index is 3.52. The summed E-state index contributed by atoms with van der Waals surface area (Å²) in [7, 11) is 4.21. The van der Waals surface area contributed by atoms with Gasteiger partial charge in [0.25, 0.3) is 0 Å². The quantitative estimate of drug-likeness (QED) is 0.486. The number of aromatic nitrogens is 1. The van der Waals surface area contributed by atoms with Crippen LogP contribution >= 0.6 is 0 Å². The lowest BCUT2D eigenvalue weighted by Crippen LogP contribution is -3.00. The molecular weight excluding hydrogens is 341 g/mol. The fraction of sp³-hybridized carbons (Fsp3) is 0.368. The van der Waals surface area contributed by atoms with Crippen LogP contribution in [0.4, 0.5) is 0 Å². The van der Waals surface area contributed by atoms with Gasteiger partial charge in [0.1, 0.15) is 0 Å². The van der Waals surface area contributed by atoms with Crippen molar-refractivity contribution in [3.8, 4) is 0 Å². The molecule has 0 unspecified atom stereocenters. The van der Waals surface area contributed by atoms with E-state index in [1.165, 1.54) is 27.4 Å². The first-order valence-corrected chi connectivity index (χ1v) is 8.06. The highest BCUT2D eigenvalue weighted by atomic mass is 35.5. The van der Waals surface area contributed by atoms with Crippen LogP contribution in [0, 0.1) is 0 Å². The zero-order valence-corrected chi connectivity index (χ0v) is 16.0. The van der Waals surface area contributed by atoms with Gasteiger partial charge in [-0.15, -0.1) is 0 Å². The zero-order valence-electron chi connectivity index (χ0n) is 14.5. The van der Waals surface area contributed by atoms with Crippen LogP contribution in [0.1, 0.15) is 12.5 Å². The van der Waals surface area contributed by atoms with Crippen LogP contribution < -0.4 is 30.1 Å². The number of rotatable bonds is 6. The molecule has 3 aromatic rings. The van der Waals surface area contributed by atoms with Crippen LogP contribution in [0.2, 0.25) is 0 Å². The van der Waals surface area contributed by atoms with Crippen LogP contribution in [0.15, 0.2) is 42.5 Å². The highest BCUT2D eigenvalue weighted by Crippen LogP contribution is 2.29. The second-order valence-electron chi connectivity index (χ2n) is 6.09. The molecule has 0 spiro atoms. The number of halogens is 2. The van der Waals surface area contributed by atoms with Crippen LogP contribution in [-0.4, -0.2) is 36.7 Å². The summed E-state index contributed by atoms with van der Waals surface area (Å²) < 4.78 is 2.40. The molecule has 0 aliphatic heterocycles. The Hall–Kier alpha value is -1.26. The molecule has 0 aliphatic rings. The number of aryl methyl sites for hydroxylation is 1. The minimum absolute atomic E-state index is 0. The molecule has 24 heavy (non-hydrogen) atoms. The van der Waals surface area contributed by atoms with Crippen molar-refractivity contribution in [3.05, 3.63) is 48.0 Å². The Morgan fingerprint density at radius 1 is 0.958 bits per heavy atom. The predicted octanol–water partition coefficient (Wildman–Crippen LogP) is -2.53. The van der Waals surface area contributed by atoms with Crippen molar-refractivity contribution in [1.29, 1.82) is 0 Å². The molecule has 0 saturated heterocycles. The number of nitrogens with one attached hydrogen (secondary N) is 1. The Kier molecular flexibility index (Phi) is 8.04. The molecule has 0 atom stereocenters. The van der Waals surface area contributed by atoms with Gasteiger partial charge in [0.2, 0.25) is 0 Å². The molecule has 1 heterocycles. The SMILES string of the molecule is CCn1c2ccccc2c2cc(CNCCN(C)C)ccc21.[Cl-].[Cl-]. The largest absolute Gasteiger partial charge is 1.00 e. The molecule has 0 aliphatic carbocycles. The molecule has 0 fully saturated rings. The molecule has 1 aromatic heterocycles. The monoisotopic (exact) mass is 365 g/mol. The van der Waals surface area contributed by atoms with E-state index in [0.29, 0.717) is 0 Å². The number of nitrogens with zero attached hydrogens (tertiary/aromatic N) is 2. The summed E-state index contributed by atoms with van der Waals surface area (Å²) in [6.45, 7) is 6.22. The van der Waals surface area contributed by atoms with E-state index in [1.54, 1.807) is 0 Å². The third kappa shape index (κ3) is 4.22. The first kappa shape index (κ1) is 20.8. The summed E-state index contributed by atoms with van der Waals surface area (Å²) in [6, 6.07) is 15.5. The van der Waals surface area contributed by atoms with Crippen LogP contribution in [-0.2, 0) is 13.1 Å². The molecule has 0 saturated carbocycles. The minimum atomic E-state index is 0. The van der Waals surface area contributed by atoms with Gasteiger partial charge in [0.05, 0.1) is 0 Å². The van der Waals surface area contributed by atoms with Gasteiger partial charge < -0.3 is 39.6 Å². The van der Waals surface area contributed by atoms with Crippen LogP contribution in [0.25, 0.3) is 21.8 Å². The molecular formula is C19H25Cl2N3-2. The molecule has 5 heteroatoms. The third-order valence-electron chi connectivity index (χ3n) is 4.22. The Bertz CT molecular complexity index is 781. The molecule has 3 nitrogen and oxygen atoms in total. The minimum Gasteiger partial charge on any atom is -1.00 e. The standard InChI is InChI=1S/C19H25N3.2ClH/c1-4-22-18-8-6-5-7-16(18)17-13-15(9-10-19(17)22)14-20-11-12-21(2)3;;/h5-10,13,20H,4,11-12,14H2,1-3H3;2*1H/p-2. The fourth-order valence-electron chi connectivity index (χ4n) is 3.09. The highest BCUT2D eigenvalue weighted by Gasteiger charge is 2.09. The third-order valence-corrected chi connectivity index (χ3v) is 4.22. The number of hydrogen-bond donors (Lipinski definition) is 1. The average molecular weight is 366 g/mol. The van der Waals surface area contributed by atoms with Gasteiger partial charge in [-0.05, 0) is 44.8 Å². The Labute approximate surface area is 156 Å². The van der Waals surface area contributed by atoms with Crippen molar-refractivity contribution < 1.29 is 24.8 Å². The lowest BCUT2D eigenvalue weighted by molar-refractivity contribution is -0.00100. The van der Waals surface area contributed by atoms with Crippen LogP contribution in [0.5, 0.6) is 0 Å². The van der Waals surface area contributed by atoms with Gasteiger partial charge >= 0.3 is 0 Å². The normalized spacial score (nSPS) is 10.8. The summed E-state index contributed by atoms with van der Waals surface area (Å²) in [5.41, 5.74) is 4.02. The van der Waals surface area contributed by atoms with Gasteiger partial charge in [0.15, 0.2) is 0 Å². The summed E-state index contributed by atoms with van der Waals surface area (Å²) in [6.07, 6.45) is 0. The molecule has 2 aromatic carbocycles. The van der Waals surface area contributed by atoms with E-state index < -0.39 is 0 Å². The average Bonchev–Trinajstić information content (AvgIpc) is 2.84. The molecule has 3 rings (SSSR count). The van der Waals surface area contributed by atoms with E-state index >= 15 is 0 Å². The first-order chi connectivity index (χ1) is 10.7. The van der Waals surface area contributed by atoms with Gasteiger partial charge in [-0.25, -0.2) is 0 Å². The van der Waals surface area contributed by atoms with E-state index in [9.17, 15) is 0 Å². The van der Waals surface area contributed by atoms with Gasteiger partial charge in [0, 0.05) is 48.0 Å². The number of fused-ring (bicyclic) bond motifs is 3. The number of likely N-dealkylation sites (N-methyl/N-ethyl adjacent to an activating group) is 1. The van der Waals surface area contributed by atoms with E-state index in [2.05, 4.69) is 78.3 Å². The lowest BCUT2D eigenvalue weighted by atomic mass is 10.1. The van der Waals surface area contributed by atoms with Crippen LogP contribution in [0.3, 0.4) is 0 Å². The van der Waals surface area contributed by atoms with E-state index in [-0.39, 0.29) is 24.8 Å². The summed E-state index contributed by atoms with van der Waals surface area (Å²) in [5, 5.41) is 6.24. The first-order valence-electron chi connectivity index (χ1n) is 8.06. The molecule has 1 N–H and O–H groups in total. The van der Waals surface area contributed by atoms with Gasteiger partial charge in [-0.2, -0.15) is 0 Å². The van der Waals surface area contributed by atoms with Crippen molar-refractivity contribution in [1.82, 2.24) is 14.8 Å². The van der Waals surface area contributed by atoms with Crippen molar-refractivity contribution in [3.63, 3.8) is 0 Å². The molecule has 0 amide bonds. The van der Waals surface area contributed by atoms with Crippen molar-refractivity contribution in [2.75, 3.05) is 27.2 Å². The van der Waals surface area contributed by atoms with Gasteiger partial charge in [-0.3, -0.25) is 0 Å². The van der Waals surface area contributed by atoms with E-state index in [4.69, 9.17) is 0 Å². The Morgan fingerprint density at radius 3 is 2.38 bits per heavy atom. The lowest BCUT2D eigenvalue weighted by Gasteiger charge is -2.10.